The van der Waals surface area contributed by atoms with E-state index < -0.39 is 73.6 Å². The van der Waals surface area contributed by atoms with Crippen molar-refractivity contribution in [1.82, 2.24) is 25.2 Å². The molecule has 1 aromatic heterocycles. The maximum Gasteiger partial charge on any atom is 0.408 e. The maximum absolute atomic E-state index is 14.8. The highest BCUT2D eigenvalue weighted by molar-refractivity contribution is 7.91. The number of amides is 4. The average Bonchev–Trinajstić information content (AvgIpc) is 4.00. The highest BCUT2D eigenvalue weighted by atomic mass is 32.2. The molecule has 0 spiro atoms. The van der Waals surface area contributed by atoms with E-state index in [0.29, 0.717) is 12.8 Å². The molecule has 3 N–H and O–H groups in total. The van der Waals surface area contributed by atoms with Gasteiger partial charge in [-0.1, -0.05) is 45.0 Å². The SMILES string of the molecule is C=C[C@@H]1C[C@]1(NC(=O)[C@@H]1C[C@@](OC)(c2ccc(-c3ccncc3)c(C)c2)CN1C(=O)[C@@H](NC(=O)OC1CCCC1)C(C)(C)C)C(=O)NS(=O)(=O)C1CC1. The lowest BCUT2D eigenvalue weighted by atomic mass is 9.85. The number of rotatable bonds is 12. The summed E-state index contributed by atoms with van der Waals surface area (Å²) in [6.07, 6.45) is 8.57. The fourth-order valence-electron chi connectivity index (χ4n) is 7.76. The molecule has 5 atom stereocenters. The largest absolute Gasteiger partial charge is 0.446 e. The summed E-state index contributed by atoms with van der Waals surface area (Å²) >= 11 is 0. The second-order valence-corrected chi connectivity index (χ2v) is 18.0. The Kier molecular flexibility index (Phi) is 10.5. The third-order valence-electron chi connectivity index (χ3n) is 11.2. The summed E-state index contributed by atoms with van der Waals surface area (Å²) < 4.78 is 39.6. The smallest absolute Gasteiger partial charge is 0.408 e. The Morgan fingerprint density at radius 3 is 2.28 bits per heavy atom. The maximum atomic E-state index is 14.8. The van der Waals surface area contributed by atoms with Gasteiger partial charge in [-0.2, -0.15) is 0 Å². The van der Waals surface area contributed by atoms with E-state index in [-0.39, 0.29) is 25.5 Å². The van der Waals surface area contributed by atoms with Crippen molar-refractivity contribution in [3.8, 4) is 11.1 Å². The Morgan fingerprint density at radius 1 is 1.04 bits per heavy atom. The molecular weight excluding hydrogens is 699 g/mol. The first-order valence-electron chi connectivity index (χ1n) is 18.4. The highest BCUT2D eigenvalue weighted by Crippen LogP contribution is 2.47. The second-order valence-electron chi connectivity index (χ2n) is 16.1. The predicted octanol–water partition coefficient (Wildman–Crippen LogP) is 4.25. The van der Waals surface area contributed by atoms with Crippen LogP contribution in [-0.4, -0.2) is 84.7 Å². The molecule has 0 unspecified atom stereocenters. The van der Waals surface area contributed by atoms with Crippen LogP contribution in [-0.2, 0) is 39.5 Å². The van der Waals surface area contributed by atoms with Gasteiger partial charge in [0.2, 0.25) is 21.8 Å². The third-order valence-corrected chi connectivity index (χ3v) is 13.1. The molecule has 1 aliphatic heterocycles. The lowest BCUT2D eigenvalue weighted by molar-refractivity contribution is -0.143. The molecule has 14 heteroatoms. The second kappa shape index (κ2) is 14.5. The normalized spacial score (nSPS) is 26.4. The summed E-state index contributed by atoms with van der Waals surface area (Å²) in [7, 11) is -2.37. The molecular formula is C39H51N5O8S. The molecule has 2 aromatic rings. The van der Waals surface area contributed by atoms with E-state index in [4.69, 9.17) is 9.47 Å². The number of alkyl carbamates (subject to hydrolysis) is 1. The van der Waals surface area contributed by atoms with Crippen LogP contribution in [0.25, 0.3) is 11.1 Å². The monoisotopic (exact) mass is 749 g/mol. The van der Waals surface area contributed by atoms with Gasteiger partial charge in [0.1, 0.15) is 29.3 Å². The van der Waals surface area contributed by atoms with Gasteiger partial charge in [0.05, 0.1) is 11.8 Å². The molecule has 6 rings (SSSR count). The number of nitrogens with one attached hydrogen (secondary N) is 3. The van der Waals surface area contributed by atoms with E-state index in [2.05, 4.69) is 26.9 Å². The summed E-state index contributed by atoms with van der Waals surface area (Å²) in [5.74, 6) is -2.51. The fourth-order valence-corrected chi connectivity index (χ4v) is 9.12. The molecule has 0 radical (unpaired) electrons. The Hall–Kier alpha value is -4.30. The number of ether oxygens (including phenoxy) is 2. The molecule has 3 aliphatic carbocycles. The van der Waals surface area contributed by atoms with Crippen molar-refractivity contribution in [1.29, 1.82) is 0 Å². The summed E-state index contributed by atoms with van der Waals surface area (Å²) in [6, 6.07) is 7.45. The molecule has 53 heavy (non-hydrogen) atoms. The zero-order chi connectivity index (χ0) is 38.3. The summed E-state index contributed by atoms with van der Waals surface area (Å²) in [6.45, 7) is 11.2. The number of aromatic nitrogens is 1. The van der Waals surface area contributed by atoms with Gasteiger partial charge in [0.15, 0.2) is 0 Å². The van der Waals surface area contributed by atoms with Crippen LogP contribution in [0, 0.1) is 18.3 Å². The van der Waals surface area contributed by atoms with E-state index in [1.54, 1.807) is 12.4 Å². The zero-order valence-electron chi connectivity index (χ0n) is 31.1. The minimum absolute atomic E-state index is 0.0231. The van der Waals surface area contributed by atoms with E-state index in [9.17, 15) is 27.6 Å². The Labute approximate surface area is 311 Å². The van der Waals surface area contributed by atoms with Crippen LogP contribution >= 0.6 is 0 Å². The molecule has 1 aromatic carbocycles. The molecule has 3 saturated carbocycles. The number of carbonyl (C=O) groups is 4. The lowest BCUT2D eigenvalue weighted by Gasteiger charge is -2.36. The predicted molar refractivity (Wildman–Crippen MR) is 198 cm³/mol. The average molecular weight is 750 g/mol. The first-order valence-corrected chi connectivity index (χ1v) is 19.9. The molecule has 4 aliphatic rings. The van der Waals surface area contributed by atoms with Crippen molar-refractivity contribution < 1.29 is 37.1 Å². The Morgan fingerprint density at radius 2 is 1.72 bits per heavy atom. The van der Waals surface area contributed by atoms with Crippen molar-refractivity contribution in [2.45, 2.75) is 114 Å². The standard InChI is InChI=1S/C39H51N5O8S/c1-7-26-21-39(26,35(47)43-53(49,50)29-13-14-29)42-33(45)31-22-38(51-6,27-12-15-30(24(2)20-27)25-16-18-40-19-17-25)23-44(31)34(46)32(37(3,4)5)41-36(48)52-28-10-8-9-11-28/h7,12,15-20,26,28-29,31-32H,1,8-11,13-14,21-23H2,2-6H3,(H,41,48)(H,42,45)(H,43,47)/t26-,31+,32-,38+,39-/m1/s1. The van der Waals surface area contributed by atoms with Gasteiger partial charge in [0, 0.05) is 31.8 Å². The lowest BCUT2D eigenvalue weighted by Crippen LogP contribution is -2.60. The van der Waals surface area contributed by atoms with Gasteiger partial charge in [-0.3, -0.25) is 24.1 Å². The topological polar surface area (TPSA) is 173 Å². The quantitative estimate of drug-likeness (QED) is 0.268. The van der Waals surface area contributed by atoms with Crippen LogP contribution in [0.2, 0.25) is 0 Å². The number of carbonyl (C=O) groups excluding carboxylic acids is 4. The van der Waals surface area contributed by atoms with Crippen LogP contribution < -0.4 is 15.4 Å². The molecule has 1 saturated heterocycles. The number of sulfonamides is 1. The zero-order valence-corrected chi connectivity index (χ0v) is 32.0. The summed E-state index contributed by atoms with van der Waals surface area (Å²) in [5, 5.41) is 5.01. The van der Waals surface area contributed by atoms with E-state index in [1.165, 1.54) is 18.1 Å². The number of methoxy groups -OCH3 is 1. The van der Waals surface area contributed by atoms with E-state index in [1.807, 2.05) is 58.0 Å². The molecule has 4 amide bonds. The fraction of sp³-hybridized carbons (Fsp3) is 0.564. The number of aryl methyl sites for hydroxylation is 1. The minimum atomic E-state index is -3.90. The van der Waals surface area contributed by atoms with E-state index >= 15 is 0 Å². The van der Waals surface area contributed by atoms with Crippen LogP contribution in [0.5, 0.6) is 0 Å². The molecule has 4 fully saturated rings. The van der Waals surface area contributed by atoms with Crippen molar-refractivity contribution in [3.05, 3.63) is 66.5 Å². The van der Waals surface area contributed by atoms with Crippen LogP contribution in [0.4, 0.5) is 4.79 Å². The molecule has 13 nitrogen and oxygen atoms in total. The van der Waals surface area contributed by atoms with Crippen LogP contribution in [0.15, 0.2) is 55.4 Å². The van der Waals surface area contributed by atoms with Crippen LogP contribution in [0.1, 0.15) is 83.3 Å². The molecule has 0 bridgehead atoms. The van der Waals surface area contributed by atoms with Crippen molar-refractivity contribution >= 4 is 33.8 Å². The first kappa shape index (κ1) is 38.4. The van der Waals surface area contributed by atoms with Crippen molar-refractivity contribution in [2.75, 3.05) is 13.7 Å². The van der Waals surface area contributed by atoms with Crippen molar-refractivity contribution in [2.24, 2.45) is 11.3 Å². The molecule has 2 heterocycles. The van der Waals surface area contributed by atoms with Gasteiger partial charge >= 0.3 is 6.09 Å². The number of hydrogen-bond acceptors (Lipinski definition) is 9. The summed E-state index contributed by atoms with van der Waals surface area (Å²) in [4.78, 5) is 61.6. The summed E-state index contributed by atoms with van der Waals surface area (Å²) in [5.41, 5.74) is 0.145. The number of pyridine rings is 1. The van der Waals surface area contributed by atoms with Crippen LogP contribution in [0.3, 0.4) is 0 Å². The van der Waals surface area contributed by atoms with E-state index in [0.717, 1.165) is 47.9 Å². The number of benzene rings is 1. The van der Waals surface area contributed by atoms with Crippen molar-refractivity contribution in [3.63, 3.8) is 0 Å². The van der Waals surface area contributed by atoms with Gasteiger partial charge in [0.25, 0.3) is 5.91 Å². The highest BCUT2D eigenvalue weighted by Gasteiger charge is 2.62. The van der Waals surface area contributed by atoms with Gasteiger partial charge in [-0.15, -0.1) is 6.58 Å². The van der Waals surface area contributed by atoms with Gasteiger partial charge in [-0.05, 0) is 91.7 Å². The molecule has 286 valence electrons. The minimum Gasteiger partial charge on any atom is -0.446 e. The van der Waals surface area contributed by atoms with Gasteiger partial charge < -0.3 is 25.0 Å². The third kappa shape index (κ3) is 7.84. The first-order chi connectivity index (χ1) is 25.0. The van der Waals surface area contributed by atoms with Gasteiger partial charge in [-0.25, -0.2) is 13.2 Å². The number of likely N-dealkylation sites (tertiary alicyclic amines) is 1. The Bertz CT molecular complexity index is 1870. The number of nitrogens with zero attached hydrogens (tertiary/aromatic N) is 2. The Balaban J connectivity index is 1.33. The number of hydrogen-bond donors (Lipinski definition) is 3.